The summed E-state index contributed by atoms with van der Waals surface area (Å²) in [7, 11) is 0. The predicted molar refractivity (Wildman–Crippen MR) is 52.2 cm³/mol. The molecule has 0 amide bonds. The molecular formula is C8H8N4S. The Morgan fingerprint density at radius 3 is 2.92 bits per heavy atom. The monoisotopic (exact) mass is 192 g/mol. The summed E-state index contributed by atoms with van der Waals surface area (Å²) in [5, 5.41) is 5.84. The first-order valence-corrected chi connectivity index (χ1v) is 4.69. The maximum atomic E-state index is 4.19. The Morgan fingerprint density at radius 1 is 1.31 bits per heavy atom. The third-order valence-corrected chi connectivity index (χ3v) is 2.13. The van der Waals surface area contributed by atoms with Crippen molar-refractivity contribution in [3.63, 3.8) is 0 Å². The second-order valence-corrected chi connectivity index (χ2v) is 3.35. The summed E-state index contributed by atoms with van der Waals surface area (Å²) in [5.74, 6) is 1.53. The third kappa shape index (κ3) is 2.00. The molecule has 0 saturated heterocycles. The lowest BCUT2D eigenvalue weighted by atomic mass is 10.5. The fourth-order valence-corrected chi connectivity index (χ4v) is 1.46. The highest BCUT2D eigenvalue weighted by molar-refractivity contribution is 7.13. The van der Waals surface area contributed by atoms with Crippen LogP contribution in [0, 0.1) is 6.92 Å². The van der Waals surface area contributed by atoms with Crippen molar-refractivity contribution in [2.45, 2.75) is 6.92 Å². The molecule has 0 aliphatic rings. The highest BCUT2D eigenvalue weighted by Gasteiger charge is 1.97. The van der Waals surface area contributed by atoms with E-state index in [4.69, 9.17) is 0 Å². The first-order valence-electron chi connectivity index (χ1n) is 3.81. The van der Waals surface area contributed by atoms with Crippen molar-refractivity contribution < 1.29 is 0 Å². The Kier molecular flexibility index (Phi) is 2.18. The normalized spacial score (nSPS) is 9.92. The van der Waals surface area contributed by atoms with E-state index in [-0.39, 0.29) is 0 Å². The molecule has 0 fully saturated rings. The molecule has 66 valence electrons. The van der Waals surface area contributed by atoms with Crippen LogP contribution in [0.3, 0.4) is 0 Å². The highest BCUT2D eigenvalue weighted by atomic mass is 32.1. The fraction of sp³-hybridized carbons (Fsp3) is 0.125. The number of rotatable bonds is 2. The van der Waals surface area contributed by atoms with Crippen LogP contribution in [-0.2, 0) is 0 Å². The van der Waals surface area contributed by atoms with Crippen LogP contribution in [0.2, 0.25) is 0 Å². The quantitative estimate of drug-likeness (QED) is 0.790. The molecule has 0 radical (unpaired) electrons. The van der Waals surface area contributed by atoms with Gasteiger partial charge in [-0.05, 0) is 13.0 Å². The van der Waals surface area contributed by atoms with Crippen LogP contribution in [0.15, 0.2) is 23.8 Å². The number of hydrogen-bond acceptors (Lipinski definition) is 5. The van der Waals surface area contributed by atoms with E-state index >= 15 is 0 Å². The smallest absolute Gasteiger partial charge is 0.188 e. The SMILES string of the molecule is Cc1nccc(Nc2nccs2)n1. The van der Waals surface area contributed by atoms with E-state index in [0.29, 0.717) is 0 Å². The molecule has 2 aromatic rings. The molecule has 0 bridgehead atoms. The third-order valence-electron chi connectivity index (χ3n) is 1.44. The van der Waals surface area contributed by atoms with Crippen molar-refractivity contribution in [3.8, 4) is 0 Å². The zero-order chi connectivity index (χ0) is 9.10. The molecule has 0 saturated carbocycles. The van der Waals surface area contributed by atoms with E-state index in [1.54, 1.807) is 23.7 Å². The number of anilines is 2. The van der Waals surface area contributed by atoms with Crippen LogP contribution in [-0.4, -0.2) is 15.0 Å². The van der Waals surface area contributed by atoms with Gasteiger partial charge in [0, 0.05) is 17.8 Å². The van der Waals surface area contributed by atoms with Crippen molar-refractivity contribution in [3.05, 3.63) is 29.7 Å². The molecule has 13 heavy (non-hydrogen) atoms. The number of aromatic nitrogens is 3. The molecular weight excluding hydrogens is 184 g/mol. The Balaban J connectivity index is 2.19. The minimum absolute atomic E-state index is 0.751. The Bertz CT molecular complexity index is 385. The maximum absolute atomic E-state index is 4.19. The molecule has 2 aromatic heterocycles. The largest absolute Gasteiger partial charge is 0.316 e. The van der Waals surface area contributed by atoms with Gasteiger partial charge in [0.15, 0.2) is 5.13 Å². The van der Waals surface area contributed by atoms with Gasteiger partial charge in [-0.2, -0.15) is 0 Å². The van der Waals surface area contributed by atoms with Crippen molar-refractivity contribution in [2.75, 3.05) is 5.32 Å². The van der Waals surface area contributed by atoms with Crippen LogP contribution in [0.4, 0.5) is 10.9 Å². The van der Waals surface area contributed by atoms with Crippen molar-refractivity contribution in [2.24, 2.45) is 0 Å². The molecule has 4 nitrogen and oxygen atoms in total. The van der Waals surface area contributed by atoms with Crippen LogP contribution in [0.5, 0.6) is 0 Å². The molecule has 2 heterocycles. The first kappa shape index (κ1) is 8.12. The Morgan fingerprint density at radius 2 is 2.23 bits per heavy atom. The summed E-state index contributed by atoms with van der Waals surface area (Å²) >= 11 is 1.54. The number of hydrogen-bond donors (Lipinski definition) is 1. The van der Waals surface area contributed by atoms with E-state index in [0.717, 1.165) is 16.8 Å². The minimum Gasteiger partial charge on any atom is -0.316 e. The standard InChI is InChI=1S/C8H8N4S/c1-6-9-3-2-7(11-6)12-8-10-4-5-13-8/h2-5H,1H3,(H,9,10,11,12). The average molecular weight is 192 g/mol. The molecule has 0 aliphatic carbocycles. The van der Waals surface area contributed by atoms with Gasteiger partial charge >= 0.3 is 0 Å². The molecule has 5 heteroatoms. The fourth-order valence-electron chi connectivity index (χ4n) is 0.921. The zero-order valence-corrected chi connectivity index (χ0v) is 7.88. The topological polar surface area (TPSA) is 50.7 Å². The minimum atomic E-state index is 0.751. The van der Waals surface area contributed by atoms with Gasteiger partial charge in [-0.1, -0.05) is 0 Å². The van der Waals surface area contributed by atoms with Crippen molar-refractivity contribution in [1.82, 2.24) is 15.0 Å². The Hall–Kier alpha value is -1.49. The van der Waals surface area contributed by atoms with E-state index in [2.05, 4.69) is 20.3 Å². The van der Waals surface area contributed by atoms with Crippen LogP contribution >= 0.6 is 11.3 Å². The first-order chi connectivity index (χ1) is 6.34. The number of thiazole rings is 1. The lowest BCUT2D eigenvalue weighted by molar-refractivity contribution is 1.06. The lowest BCUT2D eigenvalue weighted by Crippen LogP contribution is -1.95. The number of nitrogens with one attached hydrogen (secondary N) is 1. The summed E-state index contributed by atoms with van der Waals surface area (Å²) in [5.41, 5.74) is 0. The van der Waals surface area contributed by atoms with Crippen LogP contribution in [0.25, 0.3) is 0 Å². The van der Waals surface area contributed by atoms with Gasteiger partial charge in [0.1, 0.15) is 11.6 Å². The molecule has 0 spiro atoms. The molecule has 0 aliphatic heterocycles. The summed E-state index contributed by atoms with van der Waals surface area (Å²) < 4.78 is 0. The van der Waals surface area contributed by atoms with Gasteiger partial charge in [-0.25, -0.2) is 15.0 Å². The maximum Gasteiger partial charge on any atom is 0.188 e. The predicted octanol–water partition coefficient (Wildman–Crippen LogP) is 1.99. The van der Waals surface area contributed by atoms with Crippen molar-refractivity contribution >= 4 is 22.3 Å². The van der Waals surface area contributed by atoms with Crippen LogP contribution < -0.4 is 5.32 Å². The highest BCUT2D eigenvalue weighted by Crippen LogP contribution is 2.15. The van der Waals surface area contributed by atoms with E-state index < -0.39 is 0 Å². The summed E-state index contributed by atoms with van der Waals surface area (Å²) in [6.07, 6.45) is 3.47. The van der Waals surface area contributed by atoms with Gasteiger partial charge in [0.05, 0.1) is 0 Å². The zero-order valence-electron chi connectivity index (χ0n) is 7.06. The van der Waals surface area contributed by atoms with Crippen LogP contribution in [0.1, 0.15) is 5.82 Å². The molecule has 1 N–H and O–H groups in total. The Labute approximate surface area is 79.7 Å². The van der Waals surface area contributed by atoms with Gasteiger partial charge in [-0.3, -0.25) is 0 Å². The summed E-state index contributed by atoms with van der Waals surface area (Å²) in [4.78, 5) is 12.3. The summed E-state index contributed by atoms with van der Waals surface area (Å²) in [6, 6.07) is 1.81. The van der Waals surface area contributed by atoms with E-state index in [1.807, 2.05) is 18.4 Å². The molecule has 2 rings (SSSR count). The molecule has 0 aromatic carbocycles. The molecule has 0 atom stereocenters. The second kappa shape index (κ2) is 3.49. The van der Waals surface area contributed by atoms with Gasteiger partial charge in [0.25, 0.3) is 0 Å². The van der Waals surface area contributed by atoms with Gasteiger partial charge in [0.2, 0.25) is 0 Å². The van der Waals surface area contributed by atoms with E-state index in [9.17, 15) is 0 Å². The van der Waals surface area contributed by atoms with Crippen molar-refractivity contribution in [1.29, 1.82) is 0 Å². The second-order valence-electron chi connectivity index (χ2n) is 2.45. The van der Waals surface area contributed by atoms with E-state index in [1.165, 1.54) is 0 Å². The number of aryl methyl sites for hydroxylation is 1. The van der Waals surface area contributed by atoms with Gasteiger partial charge < -0.3 is 5.32 Å². The lowest BCUT2D eigenvalue weighted by Gasteiger charge is -2.00. The number of nitrogens with zero attached hydrogens (tertiary/aromatic N) is 3. The van der Waals surface area contributed by atoms with Gasteiger partial charge in [-0.15, -0.1) is 11.3 Å². The average Bonchev–Trinajstić information content (AvgIpc) is 2.57. The summed E-state index contributed by atoms with van der Waals surface area (Å²) in [6.45, 7) is 1.85. The molecule has 0 unspecified atom stereocenters.